The summed E-state index contributed by atoms with van der Waals surface area (Å²) < 4.78 is 2.15. The van der Waals surface area contributed by atoms with Crippen molar-refractivity contribution in [2.24, 2.45) is 0 Å². The summed E-state index contributed by atoms with van der Waals surface area (Å²) in [6.07, 6.45) is 7.09. The standard InChI is InChI=1S/C20H26N2O/c1-14-7-6-10-19(16(14)3)22-13-17(20(23)11-15(22)2)12-21-18-8-4-5-9-18/h6-7,10-11,13,18,21H,4-5,8-9,12H2,1-3H3. The Kier molecular flexibility index (Phi) is 4.67. The average Bonchev–Trinajstić information content (AvgIpc) is 3.03. The summed E-state index contributed by atoms with van der Waals surface area (Å²) in [5, 5.41) is 3.55. The lowest BCUT2D eigenvalue weighted by molar-refractivity contribution is 0.522. The molecule has 1 aliphatic carbocycles. The molecule has 1 N–H and O–H groups in total. The fraction of sp³-hybridized carbons (Fsp3) is 0.450. The number of rotatable bonds is 4. The van der Waals surface area contributed by atoms with Crippen molar-refractivity contribution in [3.8, 4) is 5.69 Å². The highest BCUT2D eigenvalue weighted by atomic mass is 16.1. The fourth-order valence-corrected chi connectivity index (χ4v) is 3.45. The average molecular weight is 310 g/mol. The second-order valence-electron chi connectivity index (χ2n) is 6.76. The van der Waals surface area contributed by atoms with Gasteiger partial charge in [-0.15, -0.1) is 0 Å². The molecule has 3 rings (SSSR count). The first-order valence-corrected chi connectivity index (χ1v) is 8.58. The first-order valence-electron chi connectivity index (χ1n) is 8.58. The van der Waals surface area contributed by atoms with Crippen molar-refractivity contribution in [3.05, 3.63) is 63.1 Å². The maximum atomic E-state index is 12.3. The van der Waals surface area contributed by atoms with Crippen LogP contribution in [0.15, 0.2) is 35.3 Å². The number of pyridine rings is 1. The van der Waals surface area contributed by atoms with Crippen molar-refractivity contribution in [1.82, 2.24) is 9.88 Å². The van der Waals surface area contributed by atoms with E-state index in [-0.39, 0.29) is 5.43 Å². The molecule has 0 unspecified atom stereocenters. The lowest BCUT2D eigenvalue weighted by atomic mass is 10.1. The highest BCUT2D eigenvalue weighted by molar-refractivity contribution is 5.46. The third-order valence-corrected chi connectivity index (χ3v) is 5.09. The maximum absolute atomic E-state index is 12.3. The number of nitrogens with zero attached hydrogens (tertiary/aromatic N) is 1. The van der Waals surface area contributed by atoms with Gasteiger partial charge in [0.1, 0.15) is 0 Å². The molecule has 1 fully saturated rings. The van der Waals surface area contributed by atoms with Crippen LogP contribution in [-0.4, -0.2) is 10.6 Å². The van der Waals surface area contributed by atoms with E-state index < -0.39 is 0 Å². The minimum Gasteiger partial charge on any atom is -0.320 e. The highest BCUT2D eigenvalue weighted by Gasteiger charge is 2.15. The second kappa shape index (κ2) is 6.71. The summed E-state index contributed by atoms with van der Waals surface area (Å²) in [4.78, 5) is 12.3. The molecule has 0 bridgehead atoms. The highest BCUT2D eigenvalue weighted by Crippen LogP contribution is 2.20. The van der Waals surface area contributed by atoms with Crippen LogP contribution < -0.4 is 10.7 Å². The fourth-order valence-electron chi connectivity index (χ4n) is 3.45. The van der Waals surface area contributed by atoms with E-state index in [9.17, 15) is 4.79 Å². The van der Waals surface area contributed by atoms with E-state index in [4.69, 9.17) is 0 Å². The van der Waals surface area contributed by atoms with Gasteiger partial charge in [0.2, 0.25) is 0 Å². The van der Waals surface area contributed by atoms with Crippen LogP contribution in [0.1, 0.15) is 48.1 Å². The van der Waals surface area contributed by atoms with Gasteiger partial charge in [0, 0.05) is 41.8 Å². The van der Waals surface area contributed by atoms with Crippen molar-refractivity contribution in [2.45, 2.75) is 59.0 Å². The number of nitrogens with one attached hydrogen (secondary N) is 1. The zero-order valence-corrected chi connectivity index (χ0v) is 14.4. The van der Waals surface area contributed by atoms with Crippen molar-refractivity contribution in [1.29, 1.82) is 0 Å². The number of benzene rings is 1. The van der Waals surface area contributed by atoms with Gasteiger partial charge < -0.3 is 9.88 Å². The minimum absolute atomic E-state index is 0.134. The molecule has 3 heteroatoms. The molecule has 0 radical (unpaired) electrons. The molecule has 122 valence electrons. The van der Waals surface area contributed by atoms with Gasteiger partial charge in [-0.3, -0.25) is 4.79 Å². The first kappa shape index (κ1) is 16.0. The van der Waals surface area contributed by atoms with Gasteiger partial charge in [-0.2, -0.15) is 0 Å². The Balaban J connectivity index is 1.93. The third-order valence-electron chi connectivity index (χ3n) is 5.09. The van der Waals surface area contributed by atoms with E-state index in [2.05, 4.69) is 41.9 Å². The van der Waals surface area contributed by atoms with Crippen LogP contribution in [0.3, 0.4) is 0 Å². The molecular weight excluding hydrogens is 284 g/mol. The van der Waals surface area contributed by atoms with E-state index >= 15 is 0 Å². The first-order chi connectivity index (χ1) is 11.1. The number of aromatic nitrogens is 1. The van der Waals surface area contributed by atoms with E-state index in [0.29, 0.717) is 12.6 Å². The van der Waals surface area contributed by atoms with Gasteiger partial charge in [-0.1, -0.05) is 25.0 Å². The summed E-state index contributed by atoms with van der Waals surface area (Å²) in [5.74, 6) is 0. The topological polar surface area (TPSA) is 34.0 Å². The Morgan fingerprint density at radius 1 is 1.17 bits per heavy atom. The number of hydrogen-bond acceptors (Lipinski definition) is 2. The molecule has 23 heavy (non-hydrogen) atoms. The number of aryl methyl sites for hydroxylation is 2. The van der Waals surface area contributed by atoms with E-state index in [1.807, 2.05) is 13.1 Å². The Bertz CT molecular complexity index is 755. The van der Waals surface area contributed by atoms with Crippen molar-refractivity contribution in [3.63, 3.8) is 0 Å². The molecule has 0 aliphatic heterocycles. The van der Waals surface area contributed by atoms with Gasteiger partial charge in [0.25, 0.3) is 0 Å². The molecule has 1 aromatic carbocycles. The summed E-state index contributed by atoms with van der Waals surface area (Å²) in [6, 6.07) is 8.65. The van der Waals surface area contributed by atoms with Gasteiger partial charge in [-0.25, -0.2) is 0 Å². The Morgan fingerprint density at radius 2 is 1.91 bits per heavy atom. The zero-order valence-electron chi connectivity index (χ0n) is 14.4. The molecule has 2 aromatic rings. The summed E-state index contributed by atoms with van der Waals surface area (Å²) >= 11 is 0. The minimum atomic E-state index is 0.134. The zero-order chi connectivity index (χ0) is 16.4. The molecule has 3 nitrogen and oxygen atoms in total. The molecular formula is C20H26N2O. The van der Waals surface area contributed by atoms with Crippen molar-refractivity contribution >= 4 is 0 Å². The van der Waals surface area contributed by atoms with Crippen LogP contribution >= 0.6 is 0 Å². The molecule has 1 saturated carbocycles. The Labute approximate surface area is 138 Å². The Morgan fingerprint density at radius 3 is 2.65 bits per heavy atom. The van der Waals surface area contributed by atoms with Crippen LogP contribution in [0.4, 0.5) is 0 Å². The second-order valence-corrected chi connectivity index (χ2v) is 6.76. The number of hydrogen-bond donors (Lipinski definition) is 1. The lowest BCUT2D eigenvalue weighted by Crippen LogP contribution is -2.28. The van der Waals surface area contributed by atoms with Gasteiger partial charge in [-0.05, 0) is 50.8 Å². The predicted octanol–water partition coefficient (Wildman–Crippen LogP) is 3.79. The summed E-state index contributed by atoms with van der Waals surface area (Å²) in [5.41, 5.74) is 5.65. The molecule has 0 amide bonds. The third kappa shape index (κ3) is 3.40. The van der Waals surface area contributed by atoms with Crippen LogP contribution in [-0.2, 0) is 6.54 Å². The van der Waals surface area contributed by atoms with Gasteiger partial charge in [0.15, 0.2) is 5.43 Å². The molecule has 0 saturated heterocycles. The van der Waals surface area contributed by atoms with E-state index in [1.165, 1.54) is 36.8 Å². The SMILES string of the molecule is Cc1cccc(-n2cc(CNC3CCCC3)c(=O)cc2C)c1C. The van der Waals surface area contributed by atoms with Crippen molar-refractivity contribution < 1.29 is 0 Å². The normalized spacial score (nSPS) is 15.3. The van der Waals surface area contributed by atoms with Crippen LogP contribution in [0.25, 0.3) is 5.69 Å². The summed E-state index contributed by atoms with van der Waals surface area (Å²) in [7, 11) is 0. The molecule has 1 heterocycles. The largest absolute Gasteiger partial charge is 0.320 e. The Hall–Kier alpha value is -1.87. The summed E-state index contributed by atoms with van der Waals surface area (Å²) in [6.45, 7) is 6.92. The molecule has 1 aromatic heterocycles. The quantitative estimate of drug-likeness (QED) is 0.932. The van der Waals surface area contributed by atoms with Crippen LogP contribution in [0.5, 0.6) is 0 Å². The van der Waals surface area contributed by atoms with Gasteiger partial charge in [0.05, 0.1) is 0 Å². The smallest absolute Gasteiger partial charge is 0.186 e. The molecule has 1 aliphatic rings. The van der Waals surface area contributed by atoms with E-state index in [1.54, 1.807) is 6.07 Å². The van der Waals surface area contributed by atoms with E-state index in [0.717, 1.165) is 16.9 Å². The lowest BCUT2D eigenvalue weighted by Gasteiger charge is -2.17. The van der Waals surface area contributed by atoms with Crippen molar-refractivity contribution in [2.75, 3.05) is 0 Å². The van der Waals surface area contributed by atoms with Crippen LogP contribution in [0, 0.1) is 20.8 Å². The molecule has 0 atom stereocenters. The van der Waals surface area contributed by atoms with Crippen LogP contribution in [0.2, 0.25) is 0 Å². The van der Waals surface area contributed by atoms with Gasteiger partial charge >= 0.3 is 0 Å². The predicted molar refractivity (Wildman–Crippen MR) is 95.3 cm³/mol. The molecule has 0 spiro atoms. The monoisotopic (exact) mass is 310 g/mol. The maximum Gasteiger partial charge on any atom is 0.186 e.